The van der Waals surface area contributed by atoms with E-state index in [2.05, 4.69) is 33.7 Å². The lowest BCUT2D eigenvalue weighted by Crippen LogP contribution is -2.06. The Hall–Kier alpha value is 1.17. The molecule has 118 valence electrons. The van der Waals surface area contributed by atoms with E-state index in [1.165, 1.54) is 44.9 Å². The Balaban J connectivity index is 3.12. The van der Waals surface area contributed by atoms with Gasteiger partial charge in [-0.2, -0.15) is 0 Å². The molecule has 0 fully saturated rings. The van der Waals surface area contributed by atoms with Crippen LogP contribution in [-0.4, -0.2) is 38.2 Å². The molecule has 0 saturated heterocycles. The maximum Gasteiger partial charge on any atom is 0.471 e. The molecule has 0 spiro atoms. The first-order valence-corrected chi connectivity index (χ1v) is 13.1. The number of unbranched alkanes of at least 4 members (excludes halogenated alkanes) is 4. The van der Waals surface area contributed by atoms with Crippen molar-refractivity contribution in [1.82, 2.24) is 0 Å². The molecule has 0 bridgehead atoms. The van der Waals surface area contributed by atoms with Crippen LogP contribution in [0.25, 0.3) is 0 Å². The molecule has 0 heterocycles. The molecule has 2 nitrogen and oxygen atoms in total. The molecule has 0 saturated carbocycles. The highest BCUT2D eigenvalue weighted by Crippen LogP contribution is 2.21. The summed E-state index contributed by atoms with van der Waals surface area (Å²) in [7, 11) is 0. The second-order valence-corrected chi connectivity index (χ2v) is 9.74. The zero-order valence-electron chi connectivity index (χ0n) is 13.8. The summed E-state index contributed by atoms with van der Waals surface area (Å²) in [5.74, 6) is 0.832. The van der Waals surface area contributed by atoms with Crippen LogP contribution in [-0.2, 0) is 9.47 Å². The Morgan fingerprint density at radius 1 is 0.950 bits per heavy atom. The minimum Gasteiger partial charge on any atom is -0.355 e. The largest absolute Gasteiger partial charge is 0.471 e. The fourth-order valence-corrected chi connectivity index (χ4v) is 3.87. The van der Waals surface area contributed by atoms with Gasteiger partial charge in [-0.3, -0.25) is 0 Å². The molecule has 0 aromatic heterocycles. The lowest BCUT2D eigenvalue weighted by Gasteiger charge is -2.15. The molecule has 0 rings (SSSR count). The second-order valence-electron chi connectivity index (χ2n) is 6.09. The van der Waals surface area contributed by atoms with E-state index >= 15 is 0 Å². The van der Waals surface area contributed by atoms with Gasteiger partial charge in [0.2, 0.25) is 0 Å². The fraction of sp³-hybridized carbons (Fsp3) is 1.00. The molecule has 4 heteroatoms. The first-order valence-electron chi connectivity index (χ1n) is 8.42. The SMILES string of the molecule is CCCCCCCOCOCCCC(C)C[CH](C)[Mg][Br]. The molecule has 2 unspecified atom stereocenters. The van der Waals surface area contributed by atoms with E-state index in [0.29, 0.717) is 6.79 Å². The maximum absolute atomic E-state index is 5.52. The smallest absolute Gasteiger partial charge is 0.355 e. The summed E-state index contributed by atoms with van der Waals surface area (Å²) in [6, 6.07) is 0. The molecule has 0 amide bonds. The van der Waals surface area contributed by atoms with Gasteiger partial charge in [-0.1, -0.05) is 52.9 Å². The molecule has 20 heavy (non-hydrogen) atoms. The zero-order chi connectivity index (χ0) is 15.1. The van der Waals surface area contributed by atoms with Gasteiger partial charge in [0.25, 0.3) is 0 Å². The van der Waals surface area contributed by atoms with Crippen molar-refractivity contribution in [2.45, 2.75) is 76.2 Å². The summed E-state index contributed by atoms with van der Waals surface area (Å²) < 4.78 is 11.9. The highest BCUT2D eigenvalue weighted by atomic mass is 79.9. The van der Waals surface area contributed by atoms with Crippen LogP contribution in [0.4, 0.5) is 0 Å². The second kappa shape index (κ2) is 16.5. The van der Waals surface area contributed by atoms with Gasteiger partial charge in [0.05, 0.1) is 0 Å². The third-order valence-corrected chi connectivity index (χ3v) is 7.79. The topological polar surface area (TPSA) is 18.5 Å². The molecule has 0 aliphatic carbocycles. The van der Waals surface area contributed by atoms with Crippen molar-refractivity contribution in [2.24, 2.45) is 5.92 Å². The molecule has 0 aromatic rings. The van der Waals surface area contributed by atoms with Crippen LogP contribution in [0.3, 0.4) is 0 Å². The quantitative estimate of drug-likeness (QED) is 0.215. The Morgan fingerprint density at radius 3 is 2.25 bits per heavy atom. The monoisotopic (exact) mass is 360 g/mol. The fourth-order valence-electron chi connectivity index (χ4n) is 2.39. The highest BCUT2D eigenvalue weighted by molar-refractivity contribution is 9.23. The standard InChI is InChI=1S/C16H33O2.BrH.Mg/c1-4-6-7-8-9-13-17-15-18-14-10-12-16(3)11-5-2;;/h5,16H,4,6-15H2,1-3H3;1H;/q;;+1/p-1. The van der Waals surface area contributed by atoms with E-state index in [0.717, 1.165) is 29.6 Å². The first kappa shape index (κ1) is 21.2. The summed E-state index contributed by atoms with van der Waals surface area (Å²) in [5.41, 5.74) is 0. The third kappa shape index (κ3) is 15.6. The van der Waals surface area contributed by atoms with Crippen LogP contribution < -0.4 is 0 Å². The van der Waals surface area contributed by atoms with Crippen LogP contribution >= 0.6 is 12.9 Å². The predicted molar refractivity (Wildman–Crippen MR) is 92.7 cm³/mol. The molecular weight excluding hydrogens is 328 g/mol. The van der Waals surface area contributed by atoms with Crippen molar-refractivity contribution in [1.29, 1.82) is 0 Å². The van der Waals surface area contributed by atoms with Gasteiger partial charge in [-0.25, -0.2) is 0 Å². The van der Waals surface area contributed by atoms with Gasteiger partial charge >= 0.3 is 18.2 Å². The van der Waals surface area contributed by atoms with Crippen LogP contribution in [0.1, 0.15) is 72.1 Å². The van der Waals surface area contributed by atoms with E-state index in [-0.39, 0.29) is 18.2 Å². The van der Waals surface area contributed by atoms with Crippen LogP contribution in [0.5, 0.6) is 0 Å². The zero-order valence-corrected chi connectivity index (χ0v) is 16.8. The van der Waals surface area contributed by atoms with Crippen molar-refractivity contribution in [3.8, 4) is 0 Å². The third-order valence-electron chi connectivity index (χ3n) is 3.61. The van der Waals surface area contributed by atoms with Gasteiger partial charge < -0.3 is 22.4 Å². The highest BCUT2D eigenvalue weighted by Gasteiger charge is 2.09. The van der Waals surface area contributed by atoms with Crippen LogP contribution in [0, 0.1) is 5.92 Å². The van der Waals surface area contributed by atoms with Crippen molar-refractivity contribution in [2.75, 3.05) is 20.0 Å². The Labute approximate surface area is 142 Å². The first-order chi connectivity index (χ1) is 9.70. The van der Waals surface area contributed by atoms with Crippen molar-refractivity contribution in [3.63, 3.8) is 0 Å². The molecule has 0 aromatic carbocycles. The van der Waals surface area contributed by atoms with Crippen molar-refractivity contribution in [3.05, 3.63) is 0 Å². The van der Waals surface area contributed by atoms with Crippen molar-refractivity contribution >= 4 is 31.1 Å². The van der Waals surface area contributed by atoms with Gasteiger partial charge in [-0.15, -0.1) is 4.05 Å². The van der Waals surface area contributed by atoms with Crippen molar-refractivity contribution < 1.29 is 9.47 Å². The normalized spacial score (nSPS) is 14.0. The number of rotatable bonds is 15. The van der Waals surface area contributed by atoms with E-state index in [9.17, 15) is 0 Å². The van der Waals surface area contributed by atoms with E-state index in [1.54, 1.807) is 0 Å². The summed E-state index contributed by atoms with van der Waals surface area (Å²) >= 11 is 3.68. The summed E-state index contributed by atoms with van der Waals surface area (Å²) in [5, 5.41) is 0. The van der Waals surface area contributed by atoms with Crippen LogP contribution in [0.2, 0.25) is 4.05 Å². The minimum absolute atomic E-state index is 0.00609. The Kier molecular flexibility index (Phi) is 17.5. The molecule has 0 aliphatic rings. The average Bonchev–Trinajstić information content (AvgIpc) is 2.44. The molecule has 0 aliphatic heterocycles. The molecule has 0 radical (unpaired) electrons. The van der Waals surface area contributed by atoms with Gasteiger partial charge in [0, 0.05) is 13.2 Å². The average molecular weight is 362 g/mol. The molecule has 2 atom stereocenters. The number of hydrogen-bond donors (Lipinski definition) is 0. The Bertz CT molecular complexity index is 193. The van der Waals surface area contributed by atoms with Gasteiger partial charge in [0.1, 0.15) is 6.79 Å². The minimum atomic E-state index is 0.00609. The van der Waals surface area contributed by atoms with E-state index in [4.69, 9.17) is 9.47 Å². The Morgan fingerprint density at radius 2 is 1.60 bits per heavy atom. The van der Waals surface area contributed by atoms with Crippen LogP contribution in [0.15, 0.2) is 0 Å². The summed E-state index contributed by atoms with van der Waals surface area (Å²) in [6.45, 7) is 9.15. The lowest BCUT2D eigenvalue weighted by molar-refractivity contribution is -0.0560. The number of ether oxygens (including phenoxy) is 2. The molecule has 0 N–H and O–H groups in total. The maximum atomic E-state index is 5.52. The summed E-state index contributed by atoms with van der Waals surface area (Å²) in [4.78, 5) is 0. The van der Waals surface area contributed by atoms with Gasteiger partial charge in [-0.05, 0) is 25.2 Å². The predicted octanol–water partition coefficient (Wildman–Crippen LogP) is 5.58. The van der Waals surface area contributed by atoms with E-state index < -0.39 is 0 Å². The van der Waals surface area contributed by atoms with E-state index in [1.807, 2.05) is 0 Å². The van der Waals surface area contributed by atoms with Gasteiger partial charge in [0.15, 0.2) is 0 Å². The lowest BCUT2D eigenvalue weighted by atomic mass is 10.0. The number of hydrogen-bond acceptors (Lipinski definition) is 2. The summed E-state index contributed by atoms with van der Waals surface area (Å²) in [6.07, 6.45) is 10.3. The number of halogens is 1. The molecular formula is C16H33BrMgO2.